The van der Waals surface area contributed by atoms with Gasteiger partial charge in [0.15, 0.2) is 5.03 Å². The number of hydrogen-bond donors (Lipinski definition) is 2. The molecule has 12 nitrogen and oxygen atoms in total. The molecule has 0 fully saturated rings. The van der Waals surface area contributed by atoms with Crippen LogP contribution in [0.1, 0.15) is 25.0 Å². The molecule has 2 N–H and O–H groups in total. The number of sulfonamides is 2. The van der Waals surface area contributed by atoms with Gasteiger partial charge in [0.05, 0.1) is 36.8 Å². The van der Waals surface area contributed by atoms with Gasteiger partial charge in [-0.05, 0) is 44.2 Å². The SMILES string of the molecule is Cc1ccc(S(=O)(=O)N(C)C[C@H]2Oc3ccc(NS(=O)(=O)c4cn(C)cn4)cc3CC(=O)N([C@H](C)CO)C[C@@H]2C)cc1. The number of carbonyl (C=O) groups is 1. The van der Waals surface area contributed by atoms with Gasteiger partial charge in [-0.3, -0.25) is 9.52 Å². The first-order valence-electron chi connectivity index (χ1n) is 13.4. The standard InChI is InChI=1S/C28H37N5O7S2/c1-19-6-9-24(10-7-19)42(38,39)32(5)15-26-20(2)14-33(21(3)17-34)28(35)13-22-12-23(8-11-25(22)40-26)30-41(36,37)27-16-31(4)18-29-27/h6-12,16,18,20-21,26,30,34H,13-15,17H2,1-5H3/t20-,21+,26+/m0/s1. The molecule has 4 rings (SSSR count). The Morgan fingerprint density at radius 1 is 1.17 bits per heavy atom. The summed E-state index contributed by atoms with van der Waals surface area (Å²) in [6.45, 7) is 5.41. The number of imidazole rings is 1. The molecule has 0 spiro atoms. The van der Waals surface area contributed by atoms with Gasteiger partial charge in [0.1, 0.15) is 11.9 Å². The number of fused-ring (bicyclic) bond motifs is 1. The Kier molecular flexibility index (Phi) is 9.30. The predicted octanol–water partition coefficient (Wildman–Crippen LogP) is 2.00. The van der Waals surface area contributed by atoms with Crippen molar-refractivity contribution in [2.75, 3.05) is 31.5 Å². The molecule has 0 radical (unpaired) electrons. The molecule has 0 unspecified atom stereocenters. The molecule has 14 heteroatoms. The third-order valence-corrected chi connectivity index (χ3v) is 10.4. The number of ether oxygens (including phenoxy) is 1. The number of amides is 1. The second-order valence-electron chi connectivity index (χ2n) is 10.8. The highest BCUT2D eigenvalue weighted by Crippen LogP contribution is 2.30. The molecule has 3 aromatic rings. The van der Waals surface area contributed by atoms with Gasteiger partial charge < -0.3 is 19.3 Å². The van der Waals surface area contributed by atoms with Crippen LogP contribution in [0.3, 0.4) is 0 Å². The van der Waals surface area contributed by atoms with Gasteiger partial charge in [-0.1, -0.05) is 24.6 Å². The fraction of sp³-hybridized carbons (Fsp3) is 0.429. The lowest BCUT2D eigenvalue weighted by Crippen LogP contribution is -2.48. The molecule has 3 atom stereocenters. The number of anilines is 1. The molecule has 0 saturated carbocycles. The minimum atomic E-state index is -3.99. The number of aliphatic hydroxyl groups excluding tert-OH is 1. The normalized spacial score (nSPS) is 18.9. The first kappa shape index (κ1) is 31.5. The van der Waals surface area contributed by atoms with Crippen LogP contribution in [0.4, 0.5) is 5.69 Å². The van der Waals surface area contributed by atoms with Crippen LogP contribution >= 0.6 is 0 Å². The van der Waals surface area contributed by atoms with E-state index < -0.39 is 32.2 Å². The van der Waals surface area contributed by atoms with E-state index in [4.69, 9.17) is 4.74 Å². The van der Waals surface area contributed by atoms with Crippen molar-refractivity contribution in [1.29, 1.82) is 0 Å². The molecule has 0 aliphatic carbocycles. The highest BCUT2D eigenvalue weighted by Gasteiger charge is 2.33. The molecule has 1 aliphatic rings. The van der Waals surface area contributed by atoms with Crippen LogP contribution in [0.2, 0.25) is 0 Å². The lowest BCUT2D eigenvalue weighted by molar-refractivity contribution is -0.134. The van der Waals surface area contributed by atoms with Crippen molar-refractivity contribution in [2.45, 2.75) is 49.3 Å². The van der Waals surface area contributed by atoms with E-state index in [0.717, 1.165) is 5.56 Å². The molecule has 42 heavy (non-hydrogen) atoms. The van der Waals surface area contributed by atoms with Crippen molar-refractivity contribution in [1.82, 2.24) is 18.8 Å². The van der Waals surface area contributed by atoms with E-state index in [1.54, 1.807) is 49.2 Å². The second kappa shape index (κ2) is 12.4. The number of nitrogens with zero attached hydrogens (tertiary/aromatic N) is 4. The zero-order valence-electron chi connectivity index (χ0n) is 24.3. The Hall–Kier alpha value is -3.46. The maximum atomic E-state index is 13.5. The number of aromatic nitrogens is 2. The number of likely N-dealkylation sites (N-methyl/N-ethyl adjacent to an activating group) is 1. The van der Waals surface area contributed by atoms with Gasteiger partial charge in [-0.2, -0.15) is 12.7 Å². The van der Waals surface area contributed by atoms with Gasteiger partial charge >= 0.3 is 0 Å². The molecule has 1 aromatic heterocycles. The lowest BCUT2D eigenvalue weighted by atomic mass is 10.0. The summed E-state index contributed by atoms with van der Waals surface area (Å²) in [6, 6.07) is 10.7. The van der Waals surface area contributed by atoms with Gasteiger partial charge in [0.25, 0.3) is 10.0 Å². The van der Waals surface area contributed by atoms with E-state index in [-0.39, 0.29) is 53.6 Å². The van der Waals surface area contributed by atoms with Gasteiger partial charge in [0, 0.05) is 44.0 Å². The number of benzene rings is 2. The molecule has 1 aliphatic heterocycles. The largest absolute Gasteiger partial charge is 0.488 e. The molecule has 0 saturated heterocycles. The zero-order chi connectivity index (χ0) is 30.8. The van der Waals surface area contributed by atoms with E-state index in [9.17, 15) is 26.7 Å². The Morgan fingerprint density at radius 2 is 1.86 bits per heavy atom. The number of hydrogen-bond acceptors (Lipinski definition) is 8. The van der Waals surface area contributed by atoms with Crippen molar-refractivity contribution in [2.24, 2.45) is 13.0 Å². The lowest BCUT2D eigenvalue weighted by Gasteiger charge is -2.33. The summed E-state index contributed by atoms with van der Waals surface area (Å²) < 4.78 is 64.1. The predicted molar refractivity (Wildman–Crippen MR) is 157 cm³/mol. The molecular formula is C28H37N5O7S2. The quantitative estimate of drug-likeness (QED) is 0.369. The molecule has 2 aromatic carbocycles. The fourth-order valence-electron chi connectivity index (χ4n) is 4.69. The highest BCUT2D eigenvalue weighted by molar-refractivity contribution is 7.92. The van der Waals surface area contributed by atoms with Crippen molar-refractivity contribution in [3.8, 4) is 5.75 Å². The summed E-state index contributed by atoms with van der Waals surface area (Å²) in [4.78, 5) is 19.1. The summed E-state index contributed by atoms with van der Waals surface area (Å²) >= 11 is 0. The summed E-state index contributed by atoms with van der Waals surface area (Å²) in [5.74, 6) is -0.271. The van der Waals surface area contributed by atoms with Crippen LogP contribution in [0, 0.1) is 12.8 Å². The number of aryl methyl sites for hydroxylation is 2. The smallest absolute Gasteiger partial charge is 0.280 e. The van der Waals surface area contributed by atoms with Crippen molar-refractivity contribution >= 4 is 31.6 Å². The maximum absolute atomic E-state index is 13.5. The third kappa shape index (κ3) is 6.94. The van der Waals surface area contributed by atoms with Gasteiger partial charge in [0.2, 0.25) is 15.9 Å². The summed E-state index contributed by atoms with van der Waals surface area (Å²) in [5, 5.41) is 9.71. The van der Waals surface area contributed by atoms with Crippen LogP contribution in [0.25, 0.3) is 0 Å². The average molecular weight is 620 g/mol. The highest BCUT2D eigenvalue weighted by atomic mass is 32.2. The van der Waals surface area contributed by atoms with Crippen molar-refractivity contribution in [3.63, 3.8) is 0 Å². The Morgan fingerprint density at radius 3 is 2.48 bits per heavy atom. The molecular weight excluding hydrogens is 582 g/mol. The van der Waals surface area contributed by atoms with Crippen LogP contribution in [0.15, 0.2) is 64.9 Å². The first-order valence-corrected chi connectivity index (χ1v) is 16.4. The molecule has 1 amide bonds. The second-order valence-corrected chi connectivity index (χ2v) is 14.5. The number of carbonyl (C=O) groups excluding carboxylic acids is 1. The summed E-state index contributed by atoms with van der Waals surface area (Å²) in [7, 11) is -4.69. The average Bonchev–Trinajstić information content (AvgIpc) is 3.40. The van der Waals surface area contributed by atoms with E-state index in [0.29, 0.717) is 11.3 Å². The summed E-state index contributed by atoms with van der Waals surface area (Å²) in [5.41, 5.74) is 1.56. The summed E-state index contributed by atoms with van der Waals surface area (Å²) in [6.07, 6.45) is 1.95. The van der Waals surface area contributed by atoms with E-state index in [2.05, 4.69) is 9.71 Å². The monoisotopic (exact) mass is 619 g/mol. The minimum absolute atomic E-state index is 0.0135. The van der Waals surface area contributed by atoms with E-state index in [1.165, 1.54) is 40.6 Å². The number of nitrogens with one attached hydrogen (secondary N) is 1. The third-order valence-electron chi connectivity index (χ3n) is 7.29. The van der Waals surface area contributed by atoms with E-state index in [1.807, 2.05) is 13.8 Å². The Bertz CT molecular complexity index is 1640. The fourth-order valence-corrected chi connectivity index (χ4v) is 6.90. The number of aliphatic hydroxyl groups is 1. The molecule has 0 bridgehead atoms. The van der Waals surface area contributed by atoms with E-state index >= 15 is 0 Å². The molecule has 2 heterocycles. The van der Waals surface area contributed by atoms with Crippen molar-refractivity contribution < 1.29 is 31.5 Å². The molecule has 228 valence electrons. The van der Waals surface area contributed by atoms with Crippen LogP contribution in [-0.2, 0) is 38.3 Å². The zero-order valence-corrected chi connectivity index (χ0v) is 25.9. The van der Waals surface area contributed by atoms with Gasteiger partial charge in [-0.25, -0.2) is 13.4 Å². The topological polar surface area (TPSA) is 151 Å². The van der Waals surface area contributed by atoms with Crippen LogP contribution in [-0.4, -0.2) is 85.5 Å². The minimum Gasteiger partial charge on any atom is -0.488 e. The van der Waals surface area contributed by atoms with Gasteiger partial charge in [-0.15, -0.1) is 0 Å². The van der Waals surface area contributed by atoms with Crippen molar-refractivity contribution in [3.05, 3.63) is 66.1 Å². The Balaban J connectivity index is 1.68. The Labute approximate surface area is 247 Å². The maximum Gasteiger partial charge on any atom is 0.280 e. The van der Waals surface area contributed by atoms with Crippen LogP contribution in [0.5, 0.6) is 5.75 Å². The first-order chi connectivity index (χ1) is 19.7. The number of rotatable bonds is 9. The van der Waals surface area contributed by atoms with Crippen LogP contribution < -0.4 is 9.46 Å².